The van der Waals surface area contributed by atoms with E-state index in [4.69, 9.17) is 22.9 Å². The SMILES string of the molecule is Cc1cc(C)c(C(N)=S)c(N2CCCC(N(C)C)C2)n1. The van der Waals surface area contributed by atoms with Crippen LogP contribution in [-0.4, -0.2) is 48.1 Å². The van der Waals surface area contributed by atoms with Gasteiger partial charge in [0.2, 0.25) is 0 Å². The van der Waals surface area contributed by atoms with Crippen LogP contribution in [0.4, 0.5) is 5.82 Å². The summed E-state index contributed by atoms with van der Waals surface area (Å²) in [6, 6.07) is 2.61. The Kier molecular flexibility index (Phi) is 4.60. The molecule has 2 heterocycles. The molecule has 0 saturated carbocycles. The lowest BCUT2D eigenvalue weighted by Gasteiger charge is -2.37. The maximum atomic E-state index is 5.92. The summed E-state index contributed by atoms with van der Waals surface area (Å²) in [5, 5.41) is 0. The lowest BCUT2D eigenvalue weighted by atomic mass is 10.0. The second-order valence-corrected chi connectivity index (χ2v) is 6.29. The van der Waals surface area contributed by atoms with Crippen LogP contribution in [0.1, 0.15) is 29.7 Å². The van der Waals surface area contributed by atoms with E-state index in [1.54, 1.807) is 0 Å². The number of aryl methyl sites for hydroxylation is 2. The standard InChI is InChI=1S/C15H24N4S/c1-10-8-11(2)17-15(13(10)14(16)20)19-7-5-6-12(9-19)18(3)4/h8,12H,5-7,9H2,1-4H3,(H2,16,20). The van der Waals surface area contributed by atoms with Gasteiger partial charge < -0.3 is 15.5 Å². The molecule has 1 saturated heterocycles. The maximum absolute atomic E-state index is 5.92. The Morgan fingerprint density at radius 3 is 2.75 bits per heavy atom. The molecule has 1 atom stereocenters. The second-order valence-electron chi connectivity index (χ2n) is 5.85. The number of nitrogens with two attached hydrogens (primary N) is 1. The quantitative estimate of drug-likeness (QED) is 0.862. The molecule has 1 fully saturated rings. The molecule has 0 aromatic carbocycles. The van der Waals surface area contributed by atoms with Crippen LogP contribution in [0.2, 0.25) is 0 Å². The number of thiocarbonyl (C=S) groups is 1. The highest BCUT2D eigenvalue weighted by molar-refractivity contribution is 7.80. The third kappa shape index (κ3) is 3.10. The monoisotopic (exact) mass is 292 g/mol. The van der Waals surface area contributed by atoms with Gasteiger partial charge in [0.25, 0.3) is 0 Å². The van der Waals surface area contributed by atoms with Crippen molar-refractivity contribution in [2.45, 2.75) is 32.7 Å². The number of nitrogens with zero attached hydrogens (tertiary/aromatic N) is 3. The highest BCUT2D eigenvalue weighted by atomic mass is 32.1. The van der Waals surface area contributed by atoms with Crippen LogP contribution in [-0.2, 0) is 0 Å². The van der Waals surface area contributed by atoms with Crippen LogP contribution in [0.5, 0.6) is 0 Å². The van der Waals surface area contributed by atoms with E-state index in [1.165, 1.54) is 12.8 Å². The molecule has 0 aliphatic carbocycles. The number of piperidine rings is 1. The fourth-order valence-electron chi connectivity index (χ4n) is 2.92. The first-order chi connectivity index (χ1) is 9.40. The van der Waals surface area contributed by atoms with E-state index in [-0.39, 0.29) is 0 Å². The van der Waals surface area contributed by atoms with Gasteiger partial charge in [-0.3, -0.25) is 0 Å². The van der Waals surface area contributed by atoms with E-state index < -0.39 is 0 Å². The molecule has 1 aliphatic heterocycles. The molecular formula is C15H24N4S. The van der Waals surface area contributed by atoms with E-state index in [1.807, 2.05) is 13.0 Å². The molecule has 2 rings (SSSR count). The highest BCUT2D eigenvalue weighted by Gasteiger charge is 2.25. The van der Waals surface area contributed by atoms with Gasteiger partial charge >= 0.3 is 0 Å². The molecule has 1 aromatic heterocycles. The fraction of sp³-hybridized carbons (Fsp3) is 0.600. The first-order valence-electron chi connectivity index (χ1n) is 7.09. The van der Waals surface area contributed by atoms with E-state index in [0.29, 0.717) is 11.0 Å². The lowest BCUT2D eigenvalue weighted by Crippen LogP contribution is -2.46. The molecular weight excluding hydrogens is 268 g/mol. The minimum Gasteiger partial charge on any atom is -0.389 e. The lowest BCUT2D eigenvalue weighted by molar-refractivity contribution is 0.257. The van der Waals surface area contributed by atoms with E-state index >= 15 is 0 Å². The van der Waals surface area contributed by atoms with Crippen molar-refractivity contribution in [1.29, 1.82) is 0 Å². The number of likely N-dealkylation sites (N-methyl/N-ethyl adjacent to an activating group) is 1. The van der Waals surface area contributed by atoms with Crippen LogP contribution in [0.25, 0.3) is 0 Å². The Balaban J connectivity index is 2.38. The first kappa shape index (κ1) is 15.2. The Morgan fingerprint density at radius 2 is 2.15 bits per heavy atom. The summed E-state index contributed by atoms with van der Waals surface area (Å²) in [6.07, 6.45) is 2.41. The first-order valence-corrected chi connectivity index (χ1v) is 7.50. The fourth-order valence-corrected chi connectivity index (χ4v) is 3.17. The molecule has 110 valence electrons. The normalized spacial score (nSPS) is 19.4. The van der Waals surface area contributed by atoms with E-state index in [9.17, 15) is 0 Å². The smallest absolute Gasteiger partial charge is 0.139 e. The predicted molar refractivity (Wildman–Crippen MR) is 88.5 cm³/mol. The van der Waals surface area contributed by atoms with Crippen molar-refractivity contribution >= 4 is 23.0 Å². The van der Waals surface area contributed by atoms with Gasteiger partial charge in [0.15, 0.2) is 0 Å². The van der Waals surface area contributed by atoms with Gasteiger partial charge in [-0.1, -0.05) is 12.2 Å². The number of anilines is 1. The summed E-state index contributed by atoms with van der Waals surface area (Å²) in [6.45, 7) is 6.08. The Labute approximate surface area is 127 Å². The minimum atomic E-state index is 0.442. The third-order valence-electron chi connectivity index (χ3n) is 4.00. The van der Waals surface area contributed by atoms with Gasteiger partial charge in [-0.15, -0.1) is 0 Å². The zero-order chi connectivity index (χ0) is 14.9. The van der Waals surface area contributed by atoms with Gasteiger partial charge in [0.05, 0.1) is 5.56 Å². The second kappa shape index (κ2) is 6.06. The molecule has 0 spiro atoms. The Hall–Kier alpha value is -1.20. The molecule has 1 aromatic rings. The van der Waals surface area contributed by atoms with Gasteiger partial charge in [-0.2, -0.15) is 0 Å². The summed E-state index contributed by atoms with van der Waals surface area (Å²) in [5.74, 6) is 0.960. The largest absolute Gasteiger partial charge is 0.389 e. The Bertz CT molecular complexity index is 513. The van der Waals surface area contributed by atoms with Crippen LogP contribution in [0.3, 0.4) is 0 Å². The molecule has 20 heavy (non-hydrogen) atoms. The zero-order valence-corrected chi connectivity index (χ0v) is 13.6. The molecule has 0 bridgehead atoms. The summed E-state index contributed by atoms with van der Waals surface area (Å²) >= 11 is 5.23. The average molecular weight is 292 g/mol. The maximum Gasteiger partial charge on any atom is 0.139 e. The van der Waals surface area contributed by atoms with Crippen molar-refractivity contribution in [3.8, 4) is 0 Å². The average Bonchev–Trinajstić information content (AvgIpc) is 2.37. The van der Waals surface area contributed by atoms with Gasteiger partial charge in [-0.05, 0) is 52.4 Å². The molecule has 0 amide bonds. The molecule has 1 unspecified atom stereocenters. The van der Waals surface area contributed by atoms with Crippen LogP contribution < -0.4 is 10.6 Å². The number of hydrogen-bond donors (Lipinski definition) is 1. The van der Waals surface area contributed by atoms with E-state index in [2.05, 4.69) is 30.8 Å². The highest BCUT2D eigenvalue weighted by Crippen LogP contribution is 2.26. The number of aromatic nitrogens is 1. The minimum absolute atomic E-state index is 0.442. The Morgan fingerprint density at radius 1 is 1.45 bits per heavy atom. The van der Waals surface area contributed by atoms with Gasteiger partial charge in [0.1, 0.15) is 10.8 Å². The van der Waals surface area contributed by atoms with Gasteiger partial charge in [-0.25, -0.2) is 4.98 Å². The molecule has 0 radical (unpaired) electrons. The summed E-state index contributed by atoms with van der Waals surface area (Å²) in [4.78, 5) is 9.78. The van der Waals surface area contributed by atoms with Crippen molar-refractivity contribution < 1.29 is 0 Å². The number of pyridine rings is 1. The number of hydrogen-bond acceptors (Lipinski definition) is 4. The summed E-state index contributed by atoms with van der Waals surface area (Å²) in [7, 11) is 4.27. The zero-order valence-electron chi connectivity index (χ0n) is 12.8. The summed E-state index contributed by atoms with van der Waals surface area (Å²) < 4.78 is 0. The molecule has 2 N–H and O–H groups in total. The predicted octanol–water partition coefficient (Wildman–Crippen LogP) is 1.86. The van der Waals surface area contributed by atoms with Crippen LogP contribution >= 0.6 is 12.2 Å². The van der Waals surface area contributed by atoms with Crippen LogP contribution in [0, 0.1) is 13.8 Å². The van der Waals surface area contributed by atoms with Crippen LogP contribution in [0.15, 0.2) is 6.07 Å². The molecule has 1 aliphatic rings. The molecule has 4 nitrogen and oxygen atoms in total. The van der Waals surface area contributed by atoms with Crippen molar-refractivity contribution in [1.82, 2.24) is 9.88 Å². The van der Waals surface area contributed by atoms with Gasteiger partial charge in [0, 0.05) is 24.8 Å². The molecule has 5 heteroatoms. The van der Waals surface area contributed by atoms with E-state index in [0.717, 1.165) is 35.7 Å². The third-order valence-corrected chi connectivity index (χ3v) is 4.20. The number of rotatable bonds is 3. The van der Waals surface area contributed by atoms with Crippen molar-refractivity contribution in [2.24, 2.45) is 5.73 Å². The van der Waals surface area contributed by atoms with Crippen molar-refractivity contribution in [2.75, 3.05) is 32.1 Å². The summed E-state index contributed by atoms with van der Waals surface area (Å²) in [5.41, 5.74) is 8.99. The van der Waals surface area contributed by atoms with Crippen molar-refractivity contribution in [3.63, 3.8) is 0 Å². The van der Waals surface area contributed by atoms with Crippen molar-refractivity contribution in [3.05, 3.63) is 22.9 Å². The topological polar surface area (TPSA) is 45.4 Å².